The molecule has 0 N–H and O–H groups in total. The first-order valence-electron chi connectivity index (χ1n) is 4.70. The normalized spacial score (nSPS) is 11.6. The van der Waals surface area contributed by atoms with Crippen LogP contribution in [0.3, 0.4) is 0 Å². The van der Waals surface area contributed by atoms with Crippen molar-refractivity contribution in [1.29, 1.82) is 5.26 Å². The average Bonchev–Trinajstić information content (AvgIpc) is 2.25. The second-order valence-electron chi connectivity index (χ2n) is 2.92. The second kappa shape index (κ2) is 5.77. The van der Waals surface area contributed by atoms with E-state index in [2.05, 4.69) is 6.07 Å². The van der Waals surface area contributed by atoms with Gasteiger partial charge in [0, 0.05) is 5.57 Å². The highest BCUT2D eigenvalue weighted by Crippen LogP contribution is 2.05. The molecule has 1 nitrogen and oxygen atoms in total. The van der Waals surface area contributed by atoms with E-state index in [1.54, 1.807) is 0 Å². The van der Waals surface area contributed by atoms with Crippen molar-refractivity contribution in [2.24, 2.45) is 0 Å². The Morgan fingerprint density at radius 1 is 1.36 bits per heavy atom. The van der Waals surface area contributed by atoms with Gasteiger partial charge in [0.1, 0.15) is 0 Å². The molecule has 0 amide bonds. The SMILES string of the molecule is CC/C=C(C#N)/C=C/c1ccccc1. The van der Waals surface area contributed by atoms with Crippen LogP contribution in [0.4, 0.5) is 0 Å². The number of allylic oxidation sites excluding steroid dienone is 3. The van der Waals surface area contributed by atoms with Gasteiger partial charge in [-0.1, -0.05) is 49.4 Å². The Balaban J connectivity index is 2.74. The zero-order valence-electron chi connectivity index (χ0n) is 8.27. The Morgan fingerprint density at radius 2 is 2.07 bits per heavy atom. The minimum Gasteiger partial charge on any atom is -0.192 e. The Labute approximate surface area is 85.0 Å². The zero-order chi connectivity index (χ0) is 10.2. The van der Waals surface area contributed by atoms with Gasteiger partial charge >= 0.3 is 0 Å². The van der Waals surface area contributed by atoms with Crippen molar-refractivity contribution >= 4 is 6.08 Å². The summed E-state index contributed by atoms with van der Waals surface area (Å²) in [6.45, 7) is 2.02. The maximum absolute atomic E-state index is 8.77. The smallest absolute Gasteiger partial charge is 0.0988 e. The molecule has 0 fully saturated rings. The lowest BCUT2D eigenvalue weighted by molar-refractivity contribution is 1.21. The van der Waals surface area contributed by atoms with Gasteiger partial charge in [0.25, 0.3) is 0 Å². The highest BCUT2D eigenvalue weighted by molar-refractivity contribution is 5.55. The molecule has 0 heterocycles. The molecule has 0 aliphatic heterocycles. The fraction of sp³-hybridized carbons (Fsp3) is 0.154. The van der Waals surface area contributed by atoms with Crippen molar-refractivity contribution in [1.82, 2.24) is 0 Å². The lowest BCUT2D eigenvalue weighted by Crippen LogP contribution is -1.73. The number of benzene rings is 1. The van der Waals surface area contributed by atoms with Crippen molar-refractivity contribution in [3.05, 3.63) is 53.6 Å². The summed E-state index contributed by atoms with van der Waals surface area (Å²) in [7, 11) is 0. The highest BCUT2D eigenvalue weighted by atomic mass is 14.2. The molecule has 0 bridgehead atoms. The monoisotopic (exact) mass is 183 g/mol. The third kappa shape index (κ3) is 3.28. The maximum Gasteiger partial charge on any atom is 0.0988 e. The molecule has 0 aliphatic carbocycles. The molecule has 0 unspecified atom stereocenters. The summed E-state index contributed by atoms with van der Waals surface area (Å²) in [5, 5.41) is 8.77. The number of nitrogens with zero attached hydrogens (tertiary/aromatic N) is 1. The molecule has 1 aromatic carbocycles. The second-order valence-corrected chi connectivity index (χ2v) is 2.92. The summed E-state index contributed by atoms with van der Waals surface area (Å²) < 4.78 is 0. The standard InChI is InChI=1S/C13H13N/c1-2-6-13(11-14)10-9-12-7-4-3-5-8-12/h3-10H,2H2,1H3/b10-9+,13-6-. The summed E-state index contributed by atoms with van der Waals surface area (Å²) in [6.07, 6.45) is 6.60. The predicted octanol–water partition coefficient (Wildman–Crippen LogP) is 3.56. The van der Waals surface area contributed by atoms with Gasteiger partial charge in [0.2, 0.25) is 0 Å². The molecule has 0 aliphatic rings. The van der Waals surface area contributed by atoms with Crippen LogP contribution in [0.5, 0.6) is 0 Å². The van der Waals surface area contributed by atoms with Gasteiger partial charge in [-0.05, 0) is 18.1 Å². The third-order valence-corrected chi connectivity index (χ3v) is 1.81. The molecule has 1 rings (SSSR count). The third-order valence-electron chi connectivity index (χ3n) is 1.81. The first-order chi connectivity index (χ1) is 6.86. The predicted molar refractivity (Wildman–Crippen MR) is 59.5 cm³/mol. The number of nitriles is 1. The van der Waals surface area contributed by atoms with Crippen LogP contribution in [-0.4, -0.2) is 0 Å². The van der Waals surface area contributed by atoms with Gasteiger partial charge in [-0.2, -0.15) is 5.26 Å². The summed E-state index contributed by atoms with van der Waals surface area (Å²) in [5.74, 6) is 0. The number of hydrogen-bond donors (Lipinski definition) is 0. The molecule has 0 saturated carbocycles. The summed E-state index contributed by atoms with van der Waals surface area (Å²) in [6, 6.07) is 12.1. The van der Waals surface area contributed by atoms with Crippen molar-refractivity contribution < 1.29 is 0 Å². The van der Waals surface area contributed by atoms with Crippen LogP contribution in [0.25, 0.3) is 6.08 Å². The maximum atomic E-state index is 8.77. The first-order valence-corrected chi connectivity index (χ1v) is 4.70. The fourth-order valence-electron chi connectivity index (χ4n) is 1.12. The Morgan fingerprint density at radius 3 is 2.64 bits per heavy atom. The van der Waals surface area contributed by atoms with Crippen LogP contribution in [0.15, 0.2) is 48.1 Å². The van der Waals surface area contributed by atoms with E-state index in [-0.39, 0.29) is 0 Å². The molecule has 14 heavy (non-hydrogen) atoms. The molecule has 70 valence electrons. The molecule has 0 atom stereocenters. The minimum absolute atomic E-state index is 0.719. The van der Waals surface area contributed by atoms with Crippen LogP contribution in [0, 0.1) is 11.3 Å². The van der Waals surface area contributed by atoms with Gasteiger partial charge in [0.15, 0.2) is 0 Å². The Kier molecular flexibility index (Phi) is 4.23. The molecule has 0 saturated heterocycles. The van der Waals surface area contributed by atoms with E-state index in [4.69, 9.17) is 5.26 Å². The largest absolute Gasteiger partial charge is 0.192 e. The van der Waals surface area contributed by atoms with Gasteiger partial charge < -0.3 is 0 Å². The minimum atomic E-state index is 0.719. The molecule has 0 aromatic heterocycles. The molecule has 0 spiro atoms. The van der Waals surface area contributed by atoms with Crippen molar-refractivity contribution in [3.8, 4) is 6.07 Å². The van der Waals surface area contributed by atoms with Crippen LogP contribution in [0.1, 0.15) is 18.9 Å². The molecular weight excluding hydrogens is 170 g/mol. The summed E-state index contributed by atoms with van der Waals surface area (Å²) in [5.41, 5.74) is 1.83. The molecule has 0 radical (unpaired) electrons. The van der Waals surface area contributed by atoms with Crippen LogP contribution < -0.4 is 0 Å². The number of hydrogen-bond acceptors (Lipinski definition) is 1. The van der Waals surface area contributed by atoms with Gasteiger partial charge in [0.05, 0.1) is 6.07 Å². The van der Waals surface area contributed by atoms with Crippen molar-refractivity contribution in [3.63, 3.8) is 0 Å². The quantitative estimate of drug-likeness (QED) is 0.519. The molecular formula is C13H13N. The lowest BCUT2D eigenvalue weighted by Gasteiger charge is -1.90. The van der Waals surface area contributed by atoms with E-state index in [9.17, 15) is 0 Å². The van der Waals surface area contributed by atoms with Gasteiger partial charge in [-0.3, -0.25) is 0 Å². The lowest BCUT2D eigenvalue weighted by atomic mass is 10.1. The van der Waals surface area contributed by atoms with E-state index in [1.165, 1.54) is 0 Å². The van der Waals surface area contributed by atoms with E-state index < -0.39 is 0 Å². The van der Waals surface area contributed by atoms with Gasteiger partial charge in [-0.25, -0.2) is 0 Å². The fourth-order valence-corrected chi connectivity index (χ4v) is 1.12. The topological polar surface area (TPSA) is 23.8 Å². The Hall–Kier alpha value is -1.81. The molecule has 1 aromatic rings. The average molecular weight is 183 g/mol. The van der Waals surface area contributed by atoms with E-state index in [0.717, 1.165) is 17.6 Å². The first kappa shape index (κ1) is 10.3. The van der Waals surface area contributed by atoms with Crippen LogP contribution in [0.2, 0.25) is 0 Å². The van der Waals surface area contributed by atoms with Crippen LogP contribution >= 0.6 is 0 Å². The van der Waals surface area contributed by atoms with E-state index >= 15 is 0 Å². The number of rotatable bonds is 3. The van der Waals surface area contributed by atoms with Crippen molar-refractivity contribution in [2.75, 3.05) is 0 Å². The van der Waals surface area contributed by atoms with E-state index in [0.29, 0.717) is 0 Å². The van der Waals surface area contributed by atoms with Crippen molar-refractivity contribution in [2.45, 2.75) is 13.3 Å². The summed E-state index contributed by atoms with van der Waals surface area (Å²) >= 11 is 0. The Bertz CT molecular complexity index is 366. The zero-order valence-corrected chi connectivity index (χ0v) is 8.27. The van der Waals surface area contributed by atoms with E-state index in [1.807, 2.05) is 55.5 Å². The highest BCUT2D eigenvalue weighted by Gasteiger charge is 1.87. The molecule has 1 heteroatoms. The van der Waals surface area contributed by atoms with Gasteiger partial charge in [-0.15, -0.1) is 0 Å². The van der Waals surface area contributed by atoms with Crippen LogP contribution in [-0.2, 0) is 0 Å². The summed E-state index contributed by atoms with van der Waals surface area (Å²) in [4.78, 5) is 0.